The van der Waals surface area contributed by atoms with Crippen LogP contribution in [0.1, 0.15) is 37.3 Å². The molecule has 0 aromatic heterocycles. The van der Waals surface area contributed by atoms with Crippen LogP contribution in [0.15, 0.2) is 23.2 Å². The van der Waals surface area contributed by atoms with E-state index in [0.717, 1.165) is 31.0 Å². The van der Waals surface area contributed by atoms with Crippen LogP contribution in [0.5, 0.6) is 5.75 Å². The number of rotatable bonds is 8. The minimum Gasteiger partial charge on any atom is -0.434 e. The predicted octanol–water partition coefficient (Wildman–Crippen LogP) is 3.38. The van der Waals surface area contributed by atoms with E-state index in [1.54, 1.807) is 12.1 Å². The van der Waals surface area contributed by atoms with Crippen molar-refractivity contribution in [2.75, 3.05) is 33.2 Å². The zero-order valence-corrected chi connectivity index (χ0v) is 16.6. The van der Waals surface area contributed by atoms with E-state index in [4.69, 9.17) is 0 Å². The van der Waals surface area contributed by atoms with Crippen LogP contribution in [-0.2, 0) is 6.54 Å². The molecule has 1 heterocycles. The number of aliphatic imine (C=N–C) groups is 1. The highest BCUT2D eigenvalue weighted by Crippen LogP contribution is 2.23. The number of nitrogens with zero attached hydrogens (tertiary/aromatic N) is 2. The first-order valence-electron chi connectivity index (χ1n) is 9.73. The lowest BCUT2D eigenvalue weighted by atomic mass is 9.94. The molecule has 7 heteroatoms. The van der Waals surface area contributed by atoms with Crippen LogP contribution in [0, 0.1) is 12.8 Å². The number of hydrogen-bond donors (Lipinski definition) is 2. The van der Waals surface area contributed by atoms with Crippen molar-refractivity contribution in [1.82, 2.24) is 15.5 Å². The van der Waals surface area contributed by atoms with Crippen LogP contribution in [0.4, 0.5) is 8.78 Å². The molecule has 1 aromatic rings. The summed E-state index contributed by atoms with van der Waals surface area (Å²) in [5.41, 5.74) is 1.64. The van der Waals surface area contributed by atoms with Gasteiger partial charge in [-0.2, -0.15) is 8.78 Å². The van der Waals surface area contributed by atoms with E-state index in [0.29, 0.717) is 11.5 Å². The third kappa shape index (κ3) is 7.71. The summed E-state index contributed by atoms with van der Waals surface area (Å²) in [4.78, 5) is 6.92. The molecule has 0 aliphatic carbocycles. The van der Waals surface area contributed by atoms with E-state index in [2.05, 4.69) is 32.3 Å². The summed E-state index contributed by atoms with van der Waals surface area (Å²) in [6.07, 6.45) is 3.59. The summed E-state index contributed by atoms with van der Waals surface area (Å²) in [5, 5.41) is 6.57. The van der Waals surface area contributed by atoms with Gasteiger partial charge in [0.1, 0.15) is 5.75 Å². The van der Waals surface area contributed by atoms with Crippen molar-refractivity contribution in [3.63, 3.8) is 0 Å². The lowest BCUT2D eigenvalue weighted by Crippen LogP contribution is -2.39. The zero-order valence-electron chi connectivity index (χ0n) is 16.6. The number of ether oxygens (including phenoxy) is 1. The second kappa shape index (κ2) is 11.1. The average Bonchev–Trinajstić information content (AvgIpc) is 2.63. The van der Waals surface area contributed by atoms with E-state index in [9.17, 15) is 8.78 Å². The third-order valence-corrected chi connectivity index (χ3v) is 4.87. The first-order chi connectivity index (χ1) is 13.0. The van der Waals surface area contributed by atoms with Crippen LogP contribution in [0.25, 0.3) is 0 Å². The Morgan fingerprint density at radius 3 is 2.70 bits per heavy atom. The van der Waals surface area contributed by atoms with Gasteiger partial charge in [0.25, 0.3) is 0 Å². The zero-order chi connectivity index (χ0) is 19.6. The van der Waals surface area contributed by atoms with Gasteiger partial charge in [0, 0.05) is 18.7 Å². The highest BCUT2D eigenvalue weighted by atomic mass is 19.3. The molecule has 0 spiro atoms. The number of hydrogen-bond acceptors (Lipinski definition) is 3. The molecular weight excluding hydrogens is 350 g/mol. The smallest absolute Gasteiger partial charge is 0.387 e. The molecule has 1 aromatic carbocycles. The highest BCUT2D eigenvalue weighted by molar-refractivity contribution is 5.79. The molecule has 1 saturated heterocycles. The van der Waals surface area contributed by atoms with Crippen LogP contribution in [-0.4, -0.2) is 50.7 Å². The topological polar surface area (TPSA) is 48.9 Å². The second-order valence-electron chi connectivity index (χ2n) is 7.15. The number of likely N-dealkylation sites (tertiary alicyclic amines) is 1. The SMILES string of the molecule is CCNC(=NCc1cc(C)ccc1OC(F)F)NCCC1CCN(C)CC1. The van der Waals surface area contributed by atoms with Crippen LogP contribution >= 0.6 is 0 Å². The molecule has 1 fully saturated rings. The van der Waals surface area contributed by atoms with Gasteiger partial charge in [-0.05, 0) is 65.2 Å². The standard InChI is InChI=1S/C20H32F2N4O/c1-4-23-20(24-10-7-16-8-11-26(3)12-9-16)25-14-17-13-15(2)5-6-18(17)27-19(21)22/h5-6,13,16,19H,4,7-12,14H2,1-3H3,(H2,23,24,25). The molecule has 5 nitrogen and oxygen atoms in total. The maximum Gasteiger partial charge on any atom is 0.387 e. The minimum atomic E-state index is -2.84. The van der Waals surface area contributed by atoms with E-state index in [1.807, 2.05) is 19.9 Å². The normalized spacial score (nSPS) is 16.6. The number of halogens is 2. The Hall–Kier alpha value is -1.89. The van der Waals surface area contributed by atoms with Crippen LogP contribution in [0.2, 0.25) is 0 Å². The fourth-order valence-corrected chi connectivity index (χ4v) is 3.29. The van der Waals surface area contributed by atoms with Gasteiger partial charge in [-0.3, -0.25) is 0 Å². The van der Waals surface area contributed by atoms with Crippen molar-refractivity contribution < 1.29 is 13.5 Å². The van der Waals surface area contributed by atoms with Gasteiger partial charge < -0.3 is 20.3 Å². The summed E-state index contributed by atoms with van der Waals surface area (Å²) in [7, 11) is 2.17. The van der Waals surface area contributed by atoms with E-state index >= 15 is 0 Å². The third-order valence-electron chi connectivity index (χ3n) is 4.87. The minimum absolute atomic E-state index is 0.182. The van der Waals surface area contributed by atoms with Gasteiger partial charge >= 0.3 is 6.61 Å². The molecule has 2 rings (SSSR count). The average molecular weight is 382 g/mol. The molecule has 0 atom stereocenters. The Morgan fingerprint density at radius 1 is 1.30 bits per heavy atom. The Kier molecular flexibility index (Phi) is 8.78. The summed E-state index contributed by atoms with van der Waals surface area (Å²) >= 11 is 0. The van der Waals surface area contributed by atoms with E-state index < -0.39 is 6.61 Å². The lowest BCUT2D eigenvalue weighted by Gasteiger charge is -2.29. The monoisotopic (exact) mass is 382 g/mol. The largest absolute Gasteiger partial charge is 0.434 e. The number of aryl methyl sites for hydroxylation is 1. The molecule has 0 saturated carbocycles. The molecule has 1 aliphatic rings. The van der Waals surface area contributed by atoms with E-state index in [1.165, 1.54) is 25.9 Å². The number of alkyl halides is 2. The van der Waals surface area contributed by atoms with Crippen molar-refractivity contribution >= 4 is 5.96 Å². The Morgan fingerprint density at radius 2 is 2.04 bits per heavy atom. The molecule has 0 radical (unpaired) electrons. The summed E-state index contributed by atoms with van der Waals surface area (Å²) in [5.74, 6) is 1.64. The Bertz CT molecular complexity index is 602. The van der Waals surface area contributed by atoms with Gasteiger partial charge in [0.15, 0.2) is 5.96 Å². The Labute approximate surface area is 161 Å². The van der Waals surface area contributed by atoms with Crippen molar-refractivity contribution in [1.29, 1.82) is 0 Å². The fraction of sp³-hybridized carbons (Fsp3) is 0.650. The second-order valence-corrected chi connectivity index (χ2v) is 7.15. The quantitative estimate of drug-likeness (QED) is 0.535. The van der Waals surface area contributed by atoms with Gasteiger partial charge in [0.2, 0.25) is 0 Å². The van der Waals surface area contributed by atoms with Crippen molar-refractivity contribution in [3.05, 3.63) is 29.3 Å². The number of nitrogens with one attached hydrogen (secondary N) is 2. The van der Waals surface area contributed by atoms with Gasteiger partial charge in [-0.25, -0.2) is 4.99 Å². The molecule has 0 bridgehead atoms. The van der Waals surface area contributed by atoms with Gasteiger partial charge in [0.05, 0.1) is 6.54 Å². The summed E-state index contributed by atoms with van der Waals surface area (Å²) < 4.78 is 29.8. The lowest BCUT2D eigenvalue weighted by molar-refractivity contribution is -0.0504. The van der Waals surface area contributed by atoms with Crippen LogP contribution in [0.3, 0.4) is 0 Å². The highest BCUT2D eigenvalue weighted by Gasteiger charge is 2.16. The van der Waals surface area contributed by atoms with Crippen molar-refractivity contribution in [3.8, 4) is 5.75 Å². The molecule has 1 aliphatic heterocycles. The van der Waals surface area contributed by atoms with Gasteiger partial charge in [-0.1, -0.05) is 17.7 Å². The van der Waals surface area contributed by atoms with Crippen LogP contribution < -0.4 is 15.4 Å². The number of guanidine groups is 1. The Balaban J connectivity index is 1.91. The molecule has 0 unspecified atom stereocenters. The maximum absolute atomic E-state index is 12.6. The molecular formula is C20H32F2N4O. The molecule has 0 amide bonds. The molecule has 27 heavy (non-hydrogen) atoms. The fourth-order valence-electron chi connectivity index (χ4n) is 3.29. The predicted molar refractivity (Wildman–Crippen MR) is 105 cm³/mol. The van der Waals surface area contributed by atoms with Gasteiger partial charge in [-0.15, -0.1) is 0 Å². The molecule has 2 N–H and O–H groups in total. The molecule has 152 valence electrons. The summed E-state index contributed by atoms with van der Waals surface area (Å²) in [6, 6.07) is 5.17. The van der Waals surface area contributed by atoms with Crippen molar-refractivity contribution in [2.24, 2.45) is 10.9 Å². The first kappa shape index (κ1) is 21.4. The maximum atomic E-state index is 12.6. The number of piperidine rings is 1. The van der Waals surface area contributed by atoms with E-state index in [-0.39, 0.29) is 12.3 Å². The summed E-state index contributed by atoms with van der Waals surface area (Å²) in [6.45, 7) is 5.31. The number of benzene rings is 1. The van der Waals surface area contributed by atoms with Crippen molar-refractivity contribution in [2.45, 2.75) is 46.3 Å². The first-order valence-corrected chi connectivity index (χ1v) is 9.73.